The lowest BCUT2D eigenvalue weighted by molar-refractivity contribution is -0.384. The summed E-state index contributed by atoms with van der Waals surface area (Å²) in [6, 6.07) is 12.3. The van der Waals surface area contributed by atoms with E-state index in [0.717, 1.165) is 19.4 Å². The Hall–Kier alpha value is -2.15. The van der Waals surface area contributed by atoms with Gasteiger partial charge in [0.2, 0.25) is 0 Å². The maximum Gasteiger partial charge on any atom is 0.269 e. The molecule has 146 valence electrons. The predicted molar refractivity (Wildman–Crippen MR) is 122 cm³/mol. The van der Waals surface area contributed by atoms with Crippen molar-refractivity contribution in [3.05, 3.63) is 91.1 Å². The van der Waals surface area contributed by atoms with Crippen molar-refractivity contribution in [3.8, 4) is 0 Å². The molecule has 2 aliphatic heterocycles. The number of nitrogens with zero attached hydrogens (tertiary/aromatic N) is 2. The molecule has 0 aromatic heterocycles. The number of non-ortho nitro benzene ring substituents is 1. The summed E-state index contributed by atoms with van der Waals surface area (Å²) in [5, 5.41) is 11.1. The van der Waals surface area contributed by atoms with E-state index in [1.54, 1.807) is 12.1 Å². The summed E-state index contributed by atoms with van der Waals surface area (Å²) in [6.45, 7) is 1.06. The molecule has 29 heavy (non-hydrogen) atoms. The van der Waals surface area contributed by atoms with Crippen molar-refractivity contribution in [2.24, 2.45) is 11.8 Å². The van der Waals surface area contributed by atoms with Gasteiger partial charge < -0.3 is 4.90 Å². The van der Waals surface area contributed by atoms with Crippen molar-refractivity contribution < 1.29 is 4.92 Å². The van der Waals surface area contributed by atoms with Crippen LogP contribution in [0.2, 0.25) is 0 Å². The molecule has 0 N–H and O–H groups in total. The zero-order chi connectivity index (χ0) is 19.7. The Morgan fingerprint density at radius 2 is 1.69 bits per heavy atom. The smallest absolute Gasteiger partial charge is 0.269 e. The summed E-state index contributed by atoms with van der Waals surface area (Å²) in [7, 11) is 0. The van der Waals surface area contributed by atoms with E-state index in [9.17, 15) is 10.1 Å². The van der Waals surface area contributed by atoms with Crippen molar-refractivity contribution in [2.45, 2.75) is 30.7 Å². The molecule has 6 rings (SSSR count). The van der Waals surface area contributed by atoms with E-state index >= 15 is 0 Å². The normalized spacial score (nSPS) is 30.8. The number of hydrogen-bond donors (Lipinski definition) is 0. The van der Waals surface area contributed by atoms with Crippen molar-refractivity contribution in [3.63, 3.8) is 0 Å². The van der Waals surface area contributed by atoms with Gasteiger partial charge >= 0.3 is 0 Å². The lowest BCUT2D eigenvalue weighted by Crippen LogP contribution is -2.46. The van der Waals surface area contributed by atoms with Crippen molar-refractivity contribution >= 4 is 34.0 Å². The van der Waals surface area contributed by atoms with Crippen LogP contribution in [0.4, 0.5) is 11.4 Å². The number of allylic oxidation sites excluding steroid dienone is 4. The third-order valence-electron chi connectivity index (χ3n) is 7.26. The highest BCUT2D eigenvalue weighted by molar-refractivity contribution is 14.1. The first-order chi connectivity index (χ1) is 14.1. The molecule has 0 saturated carbocycles. The van der Waals surface area contributed by atoms with Gasteiger partial charge in [-0.2, -0.15) is 0 Å². The molecule has 2 heterocycles. The van der Waals surface area contributed by atoms with Crippen molar-refractivity contribution in [1.82, 2.24) is 0 Å². The standard InChI is InChI=1S/C24H21IN2O2/c25-16-11-21-18-4-1-3-15(18)13-26-23(14-7-9-17(10-8-14)27(28)29)20-6-2-5-19(20)22(12-16)24(21)26/h1-2,4-5,7-12,15,18-20,23H,3,6,13H2/t15-,18-,19-,20+,23+/m0/s1. The number of halogens is 1. The Kier molecular flexibility index (Phi) is 3.92. The van der Waals surface area contributed by atoms with Crippen LogP contribution in [0.5, 0.6) is 0 Å². The summed E-state index contributed by atoms with van der Waals surface area (Å²) in [5.74, 6) is 2.06. The fraction of sp³-hybridized carbons (Fsp3) is 0.333. The Bertz CT molecular complexity index is 1060. The van der Waals surface area contributed by atoms with Crippen LogP contribution in [-0.2, 0) is 0 Å². The Balaban J connectivity index is 1.54. The maximum atomic E-state index is 11.1. The van der Waals surface area contributed by atoms with E-state index in [-0.39, 0.29) is 16.7 Å². The number of anilines is 1. The first-order valence-electron chi connectivity index (χ1n) is 10.3. The molecule has 0 amide bonds. The number of fused-ring (bicyclic) bond motifs is 4. The van der Waals surface area contributed by atoms with Crippen molar-refractivity contribution in [1.29, 1.82) is 0 Å². The SMILES string of the molecule is O=[N+]([O-])c1ccc([C@@H]2[C@@H]3CC=C[C@@H]3c3cc(I)cc4c3N2C[C@@H]2CC=C[C@H]42)cc1. The van der Waals surface area contributed by atoms with Crippen molar-refractivity contribution in [2.75, 3.05) is 11.4 Å². The average Bonchev–Trinajstić information content (AvgIpc) is 3.37. The molecule has 0 saturated heterocycles. The van der Waals surface area contributed by atoms with E-state index in [1.807, 2.05) is 12.1 Å². The Labute approximate surface area is 183 Å². The van der Waals surface area contributed by atoms with Crippen LogP contribution < -0.4 is 4.90 Å². The molecule has 0 fully saturated rings. The number of rotatable bonds is 2. The van der Waals surface area contributed by atoms with Crippen LogP contribution in [0.1, 0.15) is 47.4 Å². The third kappa shape index (κ3) is 2.56. The van der Waals surface area contributed by atoms with Gasteiger partial charge in [-0.1, -0.05) is 36.4 Å². The molecule has 0 radical (unpaired) electrons. The highest BCUT2D eigenvalue weighted by atomic mass is 127. The summed E-state index contributed by atoms with van der Waals surface area (Å²) >= 11 is 2.47. The first-order valence-corrected chi connectivity index (χ1v) is 11.4. The van der Waals surface area contributed by atoms with E-state index < -0.39 is 0 Å². The fourth-order valence-corrected chi connectivity index (χ4v) is 6.78. The molecule has 0 unspecified atom stereocenters. The number of hydrogen-bond acceptors (Lipinski definition) is 3. The lowest BCUT2D eigenvalue weighted by atomic mass is 9.71. The van der Waals surface area contributed by atoms with Crippen LogP contribution in [0.25, 0.3) is 0 Å². The van der Waals surface area contributed by atoms with Gasteiger partial charge in [-0.15, -0.1) is 0 Å². The zero-order valence-electron chi connectivity index (χ0n) is 15.9. The molecule has 4 nitrogen and oxygen atoms in total. The number of benzene rings is 2. The van der Waals surface area contributed by atoms with Crippen LogP contribution >= 0.6 is 22.6 Å². The lowest BCUT2D eigenvalue weighted by Gasteiger charge is -2.51. The van der Waals surface area contributed by atoms with E-state index in [4.69, 9.17) is 0 Å². The minimum absolute atomic E-state index is 0.167. The minimum atomic E-state index is -0.310. The summed E-state index contributed by atoms with van der Waals surface area (Å²) in [4.78, 5) is 13.5. The molecule has 2 aromatic carbocycles. The molecule has 2 aliphatic carbocycles. The minimum Gasteiger partial charge on any atom is -0.363 e. The largest absolute Gasteiger partial charge is 0.363 e. The first kappa shape index (κ1) is 17.7. The topological polar surface area (TPSA) is 46.4 Å². The summed E-state index contributed by atoms with van der Waals surface area (Å²) < 4.78 is 1.32. The van der Waals surface area contributed by atoms with E-state index in [2.05, 4.69) is 63.9 Å². The van der Waals surface area contributed by atoms with Gasteiger partial charge in [0.25, 0.3) is 5.69 Å². The van der Waals surface area contributed by atoms with Gasteiger partial charge in [-0.3, -0.25) is 10.1 Å². The van der Waals surface area contributed by atoms with Gasteiger partial charge in [0, 0.05) is 39.8 Å². The third-order valence-corrected chi connectivity index (χ3v) is 7.88. The predicted octanol–water partition coefficient (Wildman–Crippen LogP) is 6.09. The maximum absolute atomic E-state index is 11.1. The van der Waals surface area contributed by atoms with E-state index in [1.165, 1.54) is 25.9 Å². The molecule has 5 heteroatoms. The van der Waals surface area contributed by atoms with E-state index in [0.29, 0.717) is 23.7 Å². The second kappa shape index (κ2) is 6.42. The van der Waals surface area contributed by atoms with Gasteiger partial charge in [-0.25, -0.2) is 0 Å². The van der Waals surface area contributed by atoms with Gasteiger partial charge in [0.15, 0.2) is 0 Å². The van der Waals surface area contributed by atoms with Crippen LogP contribution in [-0.4, -0.2) is 11.5 Å². The second-order valence-electron chi connectivity index (χ2n) is 8.68. The van der Waals surface area contributed by atoms with Crippen LogP contribution in [0, 0.1) is 25.5 Å². The molecule has 4 aliphatic rings. The van der Waals surface area contributed by atoms with Gasteiger partial charge in [0.1, 0.15) is 0 Å². The zero-order valence-corrected chi connectivity index (χ0v) is 18.0. The van der Waals surface area contributed by atoms with Gasteiger partial charge in [-0.05, 0) is 76.1 Å². The Morgan fingerprint density at radius 3 is 2.45 bits per heavy atom. The molecule has 5 atom stereocenters. The molecule has 0 bridgehead atoms. The molecular formula is C24H21IN2O2. The quantitative estimate of drug-likeness (QED) is 0.219. The van der Waals surface area contributed by atoms with Crippen LogP contribution in [0.15, 0.2) is 60.7 Å². The summed E-state index contributed by atoms with van der Waals surface area (Å²) in [6.07, 6.45) is 11.7. The molecular weight excluding hydrogens is 475 g/mol. The highest BCUT2D eigenvalue weighted by Gasteiger charge is 2.47. The molecule has 0 spiro atoms. The average molecular weight is 496 g/mol. The Morgan fingerprint density at radius 1 is 1.00 bits per heavy atom. The highest BCUT2D eigenvalue weighted by Crippen LogP contribution is 2.58. The summed E-state index contributed by atoms with van der Waals surface area (Å²) in [5.41, 5.74) is 5.74. The molecule has 2 aromatic rings. The number of nitro groups is 1. The van der Waals surface area contributed by atoms with Gasteiger partial charge in [0.05, 0.1) is 11.0 Å². The fourth-order valence-electron chi connectivity index (χ4n) is 6.11. The van der Waals surface area contributed by atoms with Crippen LogP contribution in [0.3, 0.4) is 0 Å². The second-order valence-corrected chi connectivity index (χ2v) is 9.93. The monoisotopic (exact) mass is 496 g/mol. The number of nitro benzene ring substituents is 1.